The van der Waals surface area contributed by atoms with Gasteiger partial charge < -0.3 is 15.4 Å². The zero-order valence-electron chi connectivity index (χ0n) is 12.1. The van der Waals surface area contributed by atoms with Gasteiger partial charge in [0.05, 0.1) is 6.61 Å². The predicted octanol–water partition coefficient (Wildman–Crippen LogP) is 2.31. The van der Waals surface area contributed by atoms with Gasteiger partial charge in [0.25, 0.3) is 0 Å². The van der Waals surface area contributed by atoms with Crippen LogP contribution in [0.15, 0.2) is 6.33 Å². The molecule has 2 atom stereocenters. The van der Waals surface area contributed by atoms with Crippen molar-refractivity contribution in [3.63, 3.8) is 0 Å². The summed E-state index contributed by atoms with van der Waals surface area (Å²) in [5, 5.41) is 6.83. The summed E-state index contributed by atoms with van der Waals surface area (Å²) in [6.07, 6.45) is 3.66. The van der Waals surface area contributed by atoms with Crippen LogP contribution < -0.4 is 10.6 Å². The molecule has 106 valence electrons. The second kappa shape index (κ2) is 6.70. The third kappa shape index (κ3) is 3.35. The lowest BCUT2D eigenvalue weighted by Crippen LogP contribution is -2.27. The summed E-state index contributed by atoms with van der Waals surface area (Å²) in [6, 6.07) is 0.372. The molecule has 5 heteroatoms. The van der Waals surface area contributed by atoms with E-state index in [0.29, 0.717) is 12.0 Å². The van der Waals surface area contributed by atoms with E-state index in [0.717, 1.165) is 49.8 Å². The highest BCUT2D eigenvalue weighted by Gasteiger charge is 2.23. The van der Waals surface area contributed by atoms with Crippen molar-refractivity contribution in [1.82, 2.24) is 9.97 Å². The Bertz CT molecular complexity index is 404. The largest absolute Gasteiger partial charge is 0.381 e. The lowest BCUT2D eigenvalue weighted by atomic mass is 10.0. The van der Waals surface area contributed by atoms with Gasteiger partial charge >= 0.3 is 0 Å². The lowest BCUT2D eigenvalue weighted by Gasteiger charge is -2.22. The first-order valence-electron chi connectivity index (χ1n) is 7.18. The van der Waals surface area contributed by atoms with E-state index in [1.54, 1.807) is 6.33 Å². The lowest BCUT2D eigenvalue weighted by molar-refractivity contribution is 0.183. The molecule has 0 aromatic carbocycles. The van der Waals surface area contributed by atoms with E-state index in [-0.39, 0.29) is 0 Å². The van der Waals surface area contributed by atoms with E-state index in [1.165, 1.54) is 0 Å². The molecule has 19 heavy (non-hydrogen) atoms. The van der Waals surface area contributed by atoms with Crippen molar-refractivity contribution in [2.24, 2.45) is 5.92 Å². The summed E-state index contributed by atoms with van der Waals surface area (Å²) < 4.78 is 5.45. The monoisotopic (exact) mass is 264 g/mol. The number of anilines is 2. The topological polar surface area (TPSA) is 59.1 Å². The van der Waals surface area contributed by atoms with Crippen LogP contribution in [0.4, 0.5) is 11.6 Å². The third-order valence-electron chi connectivity index (χ3n) is 3.68. The summed E-state index contributed by atoms with van der Waals surface area (Å²) in [5.41, 5.74) is 1.16. The second-order valence-electron chi connectivity index (χ2n) is 4.99. The van der Waals surface area contributed by atoms with Crippen LogP contribution in [-0.2, 0) is 11.2 Å². The molecule has 1 saturated heterocycles. The molecule has 0 bridgehead atoms. The predicted molar refractivity (Wildman–Crippen MR) is 77.6 cm³/mol. The average Bonchev–Trinajstić information content (AvgIpc) is 2.93. The normalized spacial score (nSPS) is 20.3. The Balaban J connectivity index is 2.12. The molecule has 1 aromatic heterocycles. The van der Waals surface area contributed by atoms with Crippen LogP contribution in [0.2, 0.25) is 0 Å². The molecule has 0 radical (unpaired) electrons. The number of rotatable bonds is 6. The number of aromatic nitrogens is 2. The van der Waals surface area contributed by atoms with Gasteiger partial charge in [-0.1, -0.05) is 6.92 Å². The van der Waals surface area contributed by atoms with Crippen LogP contribution in [0, 0.1) is 5.92 Å². The minimum Gasteiger partial charge on any atom is -0.381 e. The van der Waals surface area contributed by atoms with Crippen molar-refractivity contribution >= 4 is 11.6 Å². The number of hydrogen-bond donors (Lipinski definition) is 2. The van der Waals surface area contributed by atoms with E-state index < -0.39 is 0 Å². The van der Waals surface area contributed by atoms with Gasteiger partial charge in [-0.15, -0.1) is 0 Å². The molecule has 2 N–H and O–H groups in total. The van der Waals surface area contributed by atoms with Crippen molar-refractivity contribution in [1.29, 1.82) is 0 Å². The maximum absolute atomic E-state index is 5.45. The van der Waals surface area contributed by atoms with Gasteiger partial charge in [-0.3, -0.25) is 0 Å². The molecule has 0 saturated carbocycles. The Morgan fingerprint density at radius 1 is 1.37 bits per heavy atom. The Labute approximate surface area is 115 Å². The van der Waals surface area contributed by atoms with E-state index in [1.807, 2.05) is 0 Å². The number of hydrogen-bond acceptors (Lipinski definition) is 5. The van der Waals surface area contributed by atoms with Crippen LogP contribution in [0.5, 0.6) is 0 Å². The zero-order chi connectivity index (χ0) is 13.7. The summed E-state index contributed by atoms with van der Waals surface area (Å²) >= 11 is 0. The first kappa shape index (κ1) is 14.1. The fraction of sp³-hybridized carbons (Fsp3) is 0.714. The highest BCUT2D eigenvalue weighted by molar-refractivity contribution is 5.57. The van der Waals surface area contributed by atoms with Gasteiger partial charge in [-0.25, -0.2) is 9.97 Å². The molecule has 2 rings (SSSR count). The summed E-state index contributed by atoms with van der Waals surface area (Å²) in [6.45, 7) is 9.01. The molecule has 5 nitrogen and oxygen atoms in total. The molecular weight excluding hydrogens is 240 g/mol. The highest BCUT2D eigenvalue weighted by atomic mass is 16.5. The first-order chi connectivity index (χ1) is 9.26. The number of nitrogens with zero attached hydrogens (tertiary/aromatic N) is 2. The molecule has 1 aliphatic heterocycles. The van der Waals surface area contributed by atoms with E-state index in [2.05, 4.69) is 41.4 Å². The van der Waals surface area contributed by atoms with Crippen LogP contribution in [0.25, 0.3) is 0 Å². The van der Waals surface area contributed by atoms with E-state index in [9.17, 15) is 0 Å². The van der Waals surface area contributed by atoms with Crippen LogP contribution in [0.1, 0.15) is 32.8 Å². The Hall–Kier alpha value is -1.36. The fourth-order valence-corrected chi connectivity index (χ4v) is 2.47. The number of ether oxygens (including phenoxy) is 1. The second-order valence-corrected chi connectivity index (χ2v) is 4.99. The first-order valence-corrected chi connectivity index (χ1v) is 7.18. The van der Waals surface area contributed by atoms with Crippen molar-refractivity contribution in [2.75, 3.05) is 30.4 Å². The maximum Gasteiger partial charge on any atom is 0.134 e. The van der Waals surface area contributed by atoms with Gasteiger partial charge in [-0.05, 0) is 26.7 Å². The summed E-state index contributed by atoms with van der Waals surface area (Å²) in [5.74, 6) is 2.47. The summed E-state index contributed by atoms with van der Waals surface area (Å²) in [4.78, 5) is 8.72. The van der Waals surface area contributed by atoms with Crippen molar-refractivity contribution < 1.29 is 4.74 Å². The van der Waals surface area contributed by atoms with Crippen LogP contribution in [-0.4, -0.2) is 35.8 Å². The molecular formula is C14H24N4O. The molecule has 1 aliphatic rings. The van der Waals surface area contributed by atoms with Crippen LogP contribution in [0.3, 0.4) is 0 Å². The Morgan fingerprint density at radius 2 is 2.16 bits per heavy atom. The maximum atomic E-state index is 5.45. The van der Waals surface area contributed by atoms with E-state index >= 15 is 0 Å². The fourth-order valence-electron chi connectivity index (χ4n) is 2.47. The van der Waals surface area contributed by atoms with Crippen molar-refractivity contribution in [3.8, 4) is 0 Å². The minimum atomic E-state index is 0.372. The number of nitrogens with one attached hydrogen (secondary N) is 2. The molecule has 1 fully saturated rings. The minimum absolute atomic E-state index is 0.372. The van der Waals surface area contributed by atoms with Crippen molar-refractivity contribution in [3.05, 3.63) is 11.9 Å². The van der Waals surface area contributed by atoms with Gasteiger partial charge in [-0.2, -0.15) is 0 Å². The van der Waals surface area contributed by atoms with Crippen molar-refractivity contribution in [2.45, 2.75) is 39.7 Å². The quantitative estimate of drug-likeness (QED) is 0.825. The summed E-state index contributed by atoms with van der Waals surface area (Å²) in [7, 11) is 0. The molecule has 1 aromatic rings. The molecule has 2 heterocycles. The molecule has 2 unspecified atom stereocenters. The van der Waals surface area contributed by atoms with Gasteiger partial charge in [0.1, 0.15) is 18.0 Å². The smallest absolute Gasteiger partial charge is 0.134 e. The van der Waals surface area contributed by atoms with Gasteiger partial charge in [0.2, 0.25) is 0 Å². The molecule has 0 spiro atoms. The van der Waals surface area contributed by atoms with Gasteiger partial charge in [0, 0.05) is 30.7 Å². The standard InChI is InChI=1S/C14H24N4O/c1-4-12-13(15-5-2)16-9-17-14(12)18-10(3)11-6-7-19-8-11/h9-11H,4-8H2,1-3H3,(H2,15,16,17,18). The average molecular weight is 264 g/mol. The molecule has 0 amide bonds. The van der Waals surface area contributed by atoms with Gasteiger partial charge in [0.15, 0.2) is 0 Å². The Morgan fingerprint density at radius 3 is 2.79 bits per heavy atom. The van der Waals surface area contributed by atoms with Crippen LogP contribution >= 0.6 is 0 Å². The third-order valence-corrected chi connectivity index (χ3v) is 3.68. The Kier molecular flexibility index (Phi) is 4.96. The van der Waals surface area contributed by atoms with E-state index in [4.69, 9.17) is 4.74 Å². The zero-order valence-corrected chi connectivity index (χ0v) is 12.1. The SMILES string of the molecule is CCNc1ncnc(NC(C)C2CCOC2)c1CC. The molecule has 0 aliphatic carbocycles. The highest BCUT2D eigenvalue weighted by Crippen LogP contribution is 2.24.